The molecule has 82 valence electrons. The lowest BCUT2D eigenvalue weighted by atomic mass is 10.2. The molecule has 0 spiro atoms. The Morgan fingerprint density at radius 3 is 2.27 bits per heavy atom. The van der Waals surface area contributed by atoms with E-state index in [1.165, 1.54) is 26.3 Å². The Hall–Kier alpha value is -0.480. The van der Waals surface area contributed by atoms with Gasteiger partial charge in [-0.1, -0.05) is 34.8 Å². The number of hydrogen-bond donors (Lipinski definition) is 0. The summed E-state index contributed by atoms with van der Waals surface area (Å²) in [6.07, 6.45) is 0. The smallest absolute Gasteiger partial charge is 0.274 e. The van der Waals surface area contributed by atoms with Gasteiger partial charge in [0.25, 0.3) is 5.91 Å². The van der Waals surface area contributed by atoms with Gasteiger partial charge in [0.2, 0.25) is 0 Å². The molecule has 0 radical (unpaired) electrons. The van der Waals surface area contributed by atoms with Gasteiger partial charge >= 0.3 is 0 Å². The first-order valence-electron chi connectivity index (χ1n) is 3.94. The van der Waals surface area contributed by atoms with E-state index in [-0.39, 0.29) is 21.5 Å². The number of rotatable bonds is 2. The largest absolute Gasteiger partial charge is 0.278 e. The van der Waals surface area contributed by atoms with E-state index in [4.69, 9.17) is 39.6 Å². The third-order valence-corrected chi connectivity index (χ3v) is 2.84. The van der Waals surface area contributed by atoms with Crippen molar-refractivity contribution in [2.75, 3.05) is 14.2 Å². The molecule has 0 N–H and O–H groups in total. The third-order valence-electron chi connectivity index (χ3n) is 1.80. The van der Waals surface area contributed by atoms with E-state index in [1.54, 1.807) is 0 Å². The van der Waals surface area contributed by atoms with Gasteiger partial charge < -0.3 is 0 Å². The Balaban J connectivity index is 3.15. The van der Waals surface area contributed by atoms with Crippen LogP contribution in [0, 0.1) is 0 Å². The number of halogens is 3. The normalized spacial score (nSPS) is 10.2. The van der Waals surface area contributed by atoms with Crippen LogP contribution in [0.1, 0.15) is 10.4 Å². The maximum atomic E-state index is 11.7. The second-order valence-electron chi connectivity index (χ2n) is 2.73. The van der Waals surface area contributed by atoms with Crippen LogP contribution in [-0.2, 0) is 4.84 Å². The third kappa shape index (κ3) is 2.75. The number of amides is 1. The lowest BCUT2D eigenvalue weighted by Crippen LogP contribution is -2.25. The molecule has 1 rings (SSSR count). The van der Waals surface area contributed by atoms with Crippen molar-refractivity contribution < 1.29 is 9.63 Å². The minimum Gasteiger partial charge on any atom is -0.274 e. The number of benzene rings is 1. The summed E-state index contributed by atoms with van der Waals surface area (Å²) < 4.78 is 0. The van der Waals surface area contributed by atoms with Crippen LogP contribution in [0.25, 0.3) is 0 Å². The predicted octanol–water partition coefficient (Wildman–Crippen LogP) is 3.28. The van der Waals surface area contributed by atoms with Crippen molar-refractivity contribution in [1.82, 2.24) is 5.06 Å². The molecular formula is C9H8Cl3NO2. The molecule has 0 atom stereocenters. The summed E-state index contributed by atoms with van der Waals surface area (Å²) in [6.45, 7) is 0. The summed E-state index contributed by atoms with van der Waals surface area (Å²) >= 11 is 17.4. The SMILES string of the molecule is CON(C)C(=O)c1cc(Cl)c(Cl)cc1Cl. The molecule has 0 fully saturated rings. The van der Waals surface area contributed by atoms with Crippen molar-refractivity contribution in [1.29, 1.82) is 0 Å². The fourth-order valence-corrected chi connectivity index (χ4v) is 1.57. The van der Waals surface area contributed by atoms with E-state index in [1.807, 2.05) is 0 Å². The minimum atomic E-state index is -0.388. The number of carbonyl (C=O) groups is 1. The second-order valence-corrected chi connectivity index (χ2v) is 3.95. The highest BCUT2D eigenvalue weighted by Crippen LogP contribution is 2.29. The molecule has 0 aliphatic rings. The first-order chi connectivity index (χ1) is 6.97. The van der Waals surface area contributed by atoms with Crippen molar-refractivity contribution in [3.63, 3.8) is 0 Å². The van der Waals surface area contributed by atoms with Crippen LogP contribution in [0.2, 0.25) is 15.1 Å². The van der Waals surface area contributed by atoms with Crippen molar-refractivity contribution in [2.24, 2.45) is 0 Å². The van der Waals surface area contributed by atoms with Crippen molar-refractivity contribution >= 4 is 40.7 Å². The van der Waals surface area contributed by atoms with Crippen molar-refractivity contribution in [2.45, 2.75) is 0 Å². The summed E-state index contributed by atoms with van der Waals surface area (Å²) in [5, 5.41) is 1.86. The molecule has 0 aliphatic carbocycles. The Morgan fingerprint density at radius 1 is 1.20 bits per heavy atom. The zero-order valence-electron chi connectivity index (χ0n) is 8.05. The minimum absolute atomic E-state index is 0.235. The first kappa shape index (κ1) is 12.6. The Labute approximate surface area is 102 Å². The molecule has 1 aromatic carbocycles. The highest BCUT2D eigenvalue weighted by Gasteiger charge is 2.16. The highest BCUT2D eigenvalue weighted by molar-refractivity contribution is 6.44. The summed E-state index contributed by atoms with van der Waals surface area (Å²) in [7, 11) is 2.85. The van der Waals surface area contributed by atoms with E-state index >= 15 is 0 Å². The highest BCUT2D eigenvalue weighted by atomic mass is 35.5. The van der Waals surface area contributed by atoms with Gasteiger partial charge in [0.1, 0.15) is 0 Å². The zero-order valence-corrected chi connectivity index (χ0v) is 10.3. The van der Waals surface area contributed by atoms with Gasteiger partial charge in [0, 0.05) is 7.05 Å². The van der Waals surface area contributed by atoms with E-state index in [9.17, 15) is 4.79 Å². The van der Waals surface area contributed by atoms with E-state index in [0.717, 1.165) is 5.06 Å². The fourth-order valence-electron chi connectivity index (χ4n) is 0.939. The molecule has 6 heteroatoms. The van der Waals surface area contributed by atoms with Gasteiger partial charge in [-0.15, -0.1) is 0 Å². The summed E-state index contributed by atoms with van der Waals surface area (Å²) in [5.41, 5.74) is 0.246. The topological polar surface area (TPSA) is 29.5 Å². The molecule has 0 bridgehead atoms. The first-order valence-corrected chi connectivity index (χ1v) is 5.07. The van der Waals surface area contributed by atoms with Crippen LogP contribution in [-0.4, -0.2) is 25.1 Å². The molecule has 3 nitrogen and oxygen atoms in total. The molecule has 1 aromatic rings. The predicted molar refractivity (Wildman–Crippen MR) is 60.6 cm³/mol. The van der Waals surface area contributed by atoms with Gasteiger partial charge in [-0.25, -0.2) is 5.06 Å². The fraction of sp³-hybridized carbons (Fsp3) is 0.222. The molecule has 0 unspecified atom stereocenters. The number of hydroxylamine groups is 2. The zero-order chi connectivity index (χ0) is 11.6. The van der Waals surface area contributed by atoms with Gasteiger partial charge in [-0.3, -0.25) is 9.63 Å². The number of hydrogen-bond acceptors (Lipinski definition) is 2. The summed E-state index contributed by atoms with van der Waals surface area (Å²) in [6, 6.07) is 2.83. The summed E-state index contributed by atoms with van der Waals surface area (Å²) in [5.74, 6) is -0.388. The lowest BCUT2D eigenvalue weighted by Gasteiger charge is -2.14. The molecule has 0 saturated heterocycles. The van der Waals surface area contributed by atoms with Gasteiger partial charge in [-0.05, 0) is 12.1 Å². The maximum absolute atomic E-state index is 11.7. The standard InChI is InChI=1S/C9H8Cl3NO2/c1-13(15-2)9(14)5-3-7(11)8(12)4-6(5)10/h3-4H,1-2H3. The Kier molecular flexibility index (Phi) is 4.22. The van der Waals surface area contributed by atoms with Crippen LogP contribution in [0.4, 0.5) is 0 Å². The summed E-state index contributed by atoms with van der Waals surface area (Å²) in [4.78, 5) is 16.4. The molecule has 1 amide bonds. The average molecular weight is 269 g/mol. The molecule has 0 heterocycles. The van der Waals surface area contributed by atoms with Gasteiger partial charge in [-0.2, -0.15) is 0 Å². The van der Waals surface area contributed by atoms with Crippen molar-refractivity contribution in [3.05, 3.63) is 32.8 Å². The van der Waals surface area contributed by atoms with Crippen LogP contribution in [0.5, 0.6) is 0 Å². The number of nitrogens with zero attached hydrogens (tertiary/aromatic N) is 1. The molecular weight excluding hydrogens is 260 g/mol. The van der Waals surface area contributed by atoms with Gasteiger partial charge in [0.05, 0.1) is 27.7 Å². The number of carbonyl (C=O) groups excluding carboxylic acids is 1. The Morgan fingerprint density at radius 2 is 1.73 bits per heavy atom. The molecule has 15 heavy (non-hydrogen) atoms. The van der Waals surface area contributed by atoms with Crippen LogP contribution >= 0.6 is 34.8 Å². The average Bonchev–Trinajstić information content (AvgIpc) is 2.21. The molecule has 0 aromatic heterocycles. The van der Waals surface area contributed by atoms with Gasteiger partial charge in [0.15, 0.2) is 0 Å². The molecule has 0 saturated carbocycles. The lowest BCUT2D eigenvalue weighted by molar-refractivity contribution is -0.0756. The van der Waals surface area contributed by atoms with E-state index in [0.29, 0.717) is 5.02 Å². The van der Waals surface area contributed by atoms with E-state index < -0.39 is 0 Å². The van der Waals surface area contributed by atoms with E-state index in [2.05, 4.69) is 0 Å². The van der Waals surface area contributed by atoms with Crippen LogP contribution < -0.4 is 0 Å². The van der Waals surface area contributed by atoms with Crippen LogP contribution in [0.15, 0.2) is 12.1 Å². The van der Waals surface area contributed by atoms with Crippen molar-refractivity contribution in [3.8, 4) is 0 Å². The molecule has 0 aliphatic heterocycles. The monoisotopic (exact) mass is 267 g/mol. The maximum Gasteiger partial charge on any atom is 0.278 e. The quantitative estimate of drug-likeness (QED) is 0.608. The van der Waals surface area contributed by atoms with Crippen LogP contribution in [0.3, 0.4) is 0 Å². The second kappa shape index (κ2) is 5.03. The Bertz CT molecular complexity index is 395.